The first-order valence-electron chi connectivity index (χ1n) is 14.4. The molecule has 0 amide bonds. The monoisotopic (exact) mass is 466 g/mol. The van der Waals surface area contributed by atoms with Crippen LogP contribution in [-0.2, 0) is 19.1 Å². The minimum absolute atomic E-state index is 0.0000302. The smallest absolute Gasteiger partial charge is 0.309 e. The molecule has 4 nitrogen and oxygen atoms in total. The molecule has 8 bridgehead atoms. The van der Waals surface area contributed by atoms with Crippen LogP contribution in [0.1, 0.15) is 84.5 Å². The lowest BCUT2D eigenvalue weighted by Gasteiger charge is -2.61. The highest BCUT2D eigenvalue weighted by molar-refractivity contribution is 5.74. The lowest BCUT2D eigenvalue weighted by atomic mass is 9.46. The minimum Gasteiger partial charge on any atom is -0.465 e. The molecule has 186 valence electrons. The van der Waals surface area contributed by atoms with Gasteiger partial charge in [0, 0.05) is 11.8 Å². The highest BCUT2D eigenvalue weighted by Gasteiger charge is 2.62. The summed E-state index contributed by atoms with van der Waals surface area (Å²) >= 11 is 0. The van der Waals surface area contributed by atoms with Gasteiger partial charge < -0.3 is 9.47 Å². The summed E-state index contributed by atoms with van der Waals surface area (Å²) in [4.78, 5) is 25.7. The molecular weight excluding hydrogens is 424 g/mol. The van der Waals surface area contributed by atoms with Gasteiger partial charge in [-0.2, -0.15) is 0 Å². The van der Waals surface area contributed by atoms with E-state index in [0.29, 0.717) is 31.3 Å². The molecule has 4 heteroatoms. The Morgan fingerprint density at radius 2 is 1.53 bits per heavy atom. The van der Waals surface area contributed by atoms with Crippen molar-refractivity contribution in [2.24, 2.45) is 64.6 Å². The van der Waals surface area contributed by atoms with E-state index >= 15 is 0 Å². The van der Waals surface area contributed by atoms with E-state index in [0.717, 1.165) is 47.8 Å². The second-order valence-corrected chi connectivity index (χ2v) is 14.1. The van der Waals surface area contributed by atoms with E-state index in [4.69, 9.17) is 9.47 Å². The van der Waals surface area contributed by atoms with Crippen molar-refractivity contribution < 1.29 is 19.1 Å². The molecule has 8 aliphatic carbocycles. The quantitative estimate of drug-likeness (QED) is 0.202. The Balaban J connectivity index is 0.884. The Morgan fingerprint density at radius 1 is 0.882 bits per heavy atom. The van der Waals surface area contributed by atoms with Crippen molar-refractivity contribution in [3.05, 3.63) is 12.2 Å². The summed E-state index contributed by atoms with van der Waals surface area (Å²) in [5.41, 5.74) is -0.218. The number of ether oxygens (including phenoxy) is 2. The largest absolute Gasteiger partial charge is 0.465 e. The first-order valence-corrected chi connectivity index (χ1v) is 14.4. The fourth-order valence-electron chi connectivity index (χ4n) is 11.1. The van der Waals surface area contributed by atoms with Crippen LogP contribution in [0.15, 0.2) is 12.2 Å². The molecule has 7 atom stereocenters. The van der Waals surface area contributed by atoms with Crippen LogP contribution >= 0.6 is 0 Å². The molecular formula is C30H42O4. The van der Waals surface area contributed by atoms with E-state index in [1.54, 1.807) is 0 Å². The van der Waals surface area contributed by atoms with E-state index in [1.807, 2.05) is 0 Å². The summed E-state index contributed by atoms with van der Waals surface area (Å²) in [5, 5.41) is 0. The van der Waals surface area contributed by atoms with Gasteiger partial charge in [-0.3, -0.25) is 9.59 Å². The molecule has 0 spiro atoms. The van der Waals surface area contributed by atoms with E-state index in [9.17, 15) is 9.59 Å². The molecule has 8 rings (SSSR count). The molecule has 7 unspecified atom stereocenters. The molecule has 0 aromatic heterocycles. The molecule has 0 saturated heterocycles. The van der Waals surface area contributed by atoms with Crippen molar-refractivity contribution in [3.63, 3.8) is 0 Å². The molecule has 0 N–H and O–H groups in total. The third kappa shape index (κ3) is 3.22. The molecule has 0 aromatic rings. The van der Waals surface area contributed by atoms with Crippen molar-refractivity contribution in [1.29, 1.82) is 0 Å². The number of carbonyl (C=O) groups excluding carboxylic acids is 2. The van der Waals surface area contributed by atoms with Crippen molar-refractivity contribution in [2.75, 3.05) is 6.61 Å². The SMILES string of the molecule is CC(C)(OC(=O)CCCOC(=O)C1CC2CC1C1C3C=CC(C3)C21)C12CC3CC(CC(C3)C1)C2. The van der Waals surface area contributed by atoms with E-state index in [2.05, 4.69) is 26.0 Å². The number of fused-ring (bicyclic) bond motifs is 9. The van der Waals surface area contributed by atoms with Crippen LogP contribution in [0.3, 0.4) is 0 Å². The van der Waals surface area contributed by atoms with Crippen LogP contribution in [0.25, 0.3) is 0 Å². The summed E-state index contributed by atoms with van der Waals surface area (Å²) in [6, 6.07) is 0. The topological polar surface area (TPSA) is 52.6 Å². The second kappa shape index (κ2) is 7.59. The maximum absolute atomic E-state index is 12.9. The Morgan fingerprint density at radius 3 is 2.21 bits per heavy atom. The van der Waals surface area contributed by atoms with Crippen molar-refractivity contribution in [1.82, 2.24) is 0 Å². The lowest BCUT2D eigenvalue weighted by Crippen LogP contribution is -2.57. The molecule has 0 aliphatic heterocycles. The van der Waals surface area contributed by atoms with Gasteiger partial charge in [-0.1, -0.05) is 12.2 Å². The fraction of sp³-hybridized carbons (Fsp3) is 0.867. The van der Waals surface area contributed by atoms with Gasteiger partial charge in [0.2, 0.25) is 0 Å². The third-order valence-corrected chi connectivity index (χ3v) is 12.0. The predicted octanol–water partition coefficient (Wildman–Crippen LogP) is 5.94. The van der Waals surface area contributed by atoms with Gasteiger partial charge in [0.1, 0.15) is 5.60 Å². The highest BCUT2D eigenvalue weighted by Crippen LogP contribution is 2.67. The van der Waals surface area contributed by atoms with Crippen LogP contribution in [0, 0.1) is 64.6 Å². The van der Waals surface area contributed by atoms with Crippen LogP contribution in [-0.4, -0.2) is 24.1 Å². The van der Waals surface area contributed by atoms with Crippen LogP contribution in [0.5, 0.6) is 0 Å². The zero-order valence-corrected chi connectivity index (χ0v) is 21.0. The number of carbonyl (C=O) groups is 2. The maximum Gasteiger partial charge on any atom is 0.309 e. The van der Waals surface area contributed by atoms with Gasteiger partial charge in [0.15, 0.2) is 0 Å². The maximum atomic E-state index is 12.9. The number of hydrogen-bond acceptors (Lipinski definition) is 4. The normalized spacial score (nSPS) is 49.0. The number of rotatable bonds is 7. The molecule has 8 aliphatic rings. The highest BCUT2D eigenvalue weighted by atomic mass is 16.6. The summed E-state index contributed by atoms with van der Waals surface area (Å²) in [6.45, 7) is 4.66. The van der Waals surface area contributed by atoms with E-state index < -0.39 is 5.60 Å². The van der Waals surface area contributed by atoms with E-state index in [1.165, 1.54) is 51.4 Å². The Bertz CT molecular complexity index is 866. The first-order chi connectivity index (χ1) is 16.3. The van der Waals surface area contributed by atoms with Crippen molar-refractivity contribution in [3.8, 4) is 0 Å². The molecule has 0 radical (unpaired) electrons. The zero-order valence-electron chi connectivity index (χ0n) is 21.0. The summed E-state index contributed by atoms with van der Waals surface area (Å²) in [6.07, 6.45) is 17.3. The Labute approximate surface area is 204 Å². The van der Waals surface area contributed by atoms with Gasteiger partial charge in [0.25, 0.3) is 0 Å². The summed E-state index contributed by atoms with van der Waals surface area (Å²) in [7, 11) is 0. The number of allylic oxidation sites excluding steroid dienone is 2. The Kier molecular flexibility index (Phi) is 4.89. The molecule has 34 heavy (non-hydrogen) atoms. The van der Waals surface area contributed by atoms with Gasteiger partial charge in [-0.15, -0.1) is 0 Å². The predicted molar refractivity (Wildman–Crippen MR) is 128 cm³/mol. The number of esters is 2. The number of hydrogen-bond donors (Lipinski definition) is 0. The van der Waals surface area contributed by atoms with E-state index in [-0.39, 0.29) is 23.3 Å². The van der Waals surface area contributed by atoms with Crippen LogP contribution in [0.4, 0.5) is 0 Å². The van der Waals surface area contributed by atoms with Gasteiger partial charge in [-0.25, -0.2) is 0 Å². The first kappa shape index (κ1) is 21.9. The minimum atomic E-state index is -0.397. The average Bonchev–Trinajstić information content (AvgIpc) is 3.55. The van der Waals surface area contributed by atoms with Crippen LogP contribution in [0.2, 0.25) is 0 Å². The molecule has 7 saturated carbocycles. The van der Waals surface area contributed by atoms with Crippen molar-refractivity contribution >= 4 is 11.9 Å². The lowest BCUT2D eigenvalue weighted by molar-refractivity contribution is -0.199. The fourth-order valence-corrected chi connectivity index (χ4v) is 11.1. The zero-order chi connectivity index (χ0) is 23.2. The summed E-state index contributed by atoms with van der Waals surface area (Å²) in [5.74, 6) is 6.87. The third-order valence-electron chi connectivity index (χ3n) is 12.0. The standard InChI is InChI=1S/C30H42O4/c1-29(2,30-14-17-8-18(15-30)10-19(9-17)16-30)34-25(31)4-3-7-33-28(32)24-13-22-12-23(24)27-21-6-5-20(11-21)26(22)27/h5-6,17-24,26-27H,3-4,7-16H2,1-2H3. The van der Waals surface area contributed by atoms with Gasteiger partial charge >= 0.3 is 11.9 Å². The molecule has 7 fully saturated rings. The Hall–Kier alpha value is -1.32. The van der Waals surface area contributed by atoms with Crippen LogP contribution < -0.4 is 0 Å². The van der Waals surface area contributed by atoms with Crippen molar-refractivity contribution in [2.45, 2.75) is 90.1 Å². The second-order valence-electron chi connectivity index (χ2n) is 14.1. The van der Waals surface area contributed by atoms with Gasteiger partial charge in [-0.05, 0) is 131 Å². The summed E-state index contributed by atoms with van der Waals surface area (Å²) < 4.78 is 11.9. The molecule has 0 aromatic carbocycles. The molecule has 0 heterocycles. The van der Waals surface area contributed by atoms with Gasteiger partial charge in [0.05, 0.1) is 12.5 Å². The average molecular weight is 467 g/mol.